The molecule has 1 aromatic heterocycles. The number of H-pyrrole nitrogens is 1. The first-order valence-corrected chi connectivity index (χ1v) is 11.4. The van der Waals surface area contributed by atoms with E-state index in [0.717, 1.165) is 17.0 Å². The van der Waals surface area contributed by atoms with Gasteiger partial charge in [0.2, 0.25) is 11.8 Å². The van der Waals surface area contributed by atoms with Crippen molar-refractivity contribution in [3.05, 3.63) is 87.3 Å². The van der Waals surface area contributed by atoms with Crippen LogP contribution >= 0.6 is 0 Å². The maximum atomic E-state index is 12.6. The van der Waals surface area contributed by atoms with Crippen LogP contribution in [-0.2, 0) is 16.0 Å². The van der Waals surface area contributed by atoms with Crippen LogP contribution < -0.4 is 20.5 Å². The van der Waals surface area contributed by atoms with Gasteiger partial charge in [0.25, 0.3) is 5.56 Å². The van der Waals surface area contributed by atoms with Crippen molar-refractivity contribution in [3.63, 3.8) is 0 Å². The van der Waals surface area contributed by atoms with Crippen molar-refractivity contribution in [3.8, 4) is 17.6 Å². The van der Waals surface area contributed by atoms with Crippen LogP contribution in [0.4, 0.5) is 5.69 Å². The summed E-state index contributed by atoms with van der Waals surface area (Å²) < 4.78 is 5.80. The van der Waals surface area contributed by atoms with Crippen LogP contribution in [0.3, 0.4) is 0 Å². The van der Waals surface area contributed by atoms with Gasteiger partial charge in [-0.2, -0.15) is 5.26 Å². The van der Waals surface area contributed by atoms with Gasteiger partial charge in [-0.1, -0.05) is 18.2 Å². The number of nitrogens with one attached hydrogen (secondary N) is 2. The Kier molecular flexibility index (Phi) is 6.97. The molecule has 0 aliphatic carbocycles. The summed E-state index contributed by atoms with van der Waals surface area (Å²) in [6.45, 7) is 3.86. The Morgan fingerprint density at radius 2 is 1.80 bits per heavy atom. The molecular formula is C27H26N4O4. The van der Waals surface area contributed by atoms with Crippen LogP contribution in [0.25, 0.3) is 0 Å². The molecule has 1 fully saturated rings. The second-order valence-electron chi connectivity index (χ2n) is 8.55. The average Bonchev–Trinajstić information content (AvgIpc) is 3.19. The molecule has 2 heterocycles. The summed E-state index contributed by atoms with van der Waals surface area (Å²) in [6, 6.07) is 18.4. The third kappa shape index (κ3) is 5.41. The molecule has 1 unspecified atom stereocenters. The SMILES string of the molecule is Cc1[nH]c(=O)c(C#N)c(C)c1CCC(=O)NC1CC(=O)N(c2ccc(Oc3ccccc3)cc2)C1. The van der Waals surface area contributed by atoms with Gasteiger partial charge in [-0.3, -0.25) is 14.4 Å². The number of nitrogens with zero attached hydrogens (tertiary/aromatic N) is 2. The van der Waals surface area contributed by atoms with Crippen LogP contribution in [0.5, 0.6) is 11.5 Å². The highest BCUT2D eigenvalue weighted by molar-refractivity contribution is 5.96. The number of hydrogen-bond acceptors (Lipinski definition) is 5. The standard InChI is InChI=1S/C27H26N4O4/c1-17-23(18(2)29-27(34)24(17)15-28)12-13-25(32)30-19-14-26(33)31(16-19)20-8-10-22(11-9-20)35-21-6-4-3-5-7-21/h3-11,19H,12-14,16H2,1-2H3,(H,29,34)(H,30,32). The number of benzene rings is 2. The molecule has 0 bridgehead atoms. The molecule has 8 heteroatoms. The van der Waals surface area contributed by atoms with Crippen LogP contribution in [-0.4, -0.2) is 29.4 Å². The molecular weight excluding hydrogens is 444 g/mol. The van der Waals surface area contributed by atoms with Gasteiger partial charge in [0, 0.05) is 30.8 Å². The van der Waals surface area contributed by atoms with Crippen LogP contribution in [0.1, 0.15) is 35.2 Å². The average molecular weight is 471 g/mol. The summed E-state index contributed by atoms with van der Waals surface area (Å²) in [6.07, 6.45) is 0.806. The van der Waals surface area contributed by atoms with E-state index in [4.69, 9.17) is 4.74 Å². The van der Waals surface area contributed by atoms with E-state index in [1.165, 1.54) is 0 Å². The molecule has 3 aromatic rings. The van der Waals surface area contributed by atoms with E-state index in [0.29, 0.717) is 30.0 Å². The molecule has 2 N–H and O–H groups in total. The van der Waals surface area contributed by atoms with Crippen molar-refractivity contribution < 1.29 is 14.3 Å². The van der Waals surface area contributed by atoms with E-state index in [1.54, 1.807) is 18.7 Å². The molecule has 1 aliphatic heterocycles. The van der Waals surface area contributed by atoms with E-state index in [2.05, 4.69) is 10.3 Å². The predicted octanol–water partition coefficient (Wildman–Crippen LogP) is 3.51. The summed E-state index contributed by atoms with van der Waals surface area (Å²) in [5, 5.41) is 12.2. The summed E-state index contributed by atoms with van der Waals surface area (Å²) >= 11 is 0. The highest BCUT2D eigenvalue weighted by Gasteiger charge is 2.31. The van der Waals surface area contributed by atoms with Crippen LogP contribution in [0.15, 0.2) is 59.4 Å². The first-order valence-electron chi connectivity index (χ1n) is 11.4. The van der Waals surface area contributed by atoms with Crippen molar-refractivity contribution in [2.45, 2.75) is 39.2 Å². The number of ether oxygens (including phenoxy) is 1. The van der Waals surface area contributed by atoms with Gasteiger partial charge in [0.05, 0.1) is 6.04 Å². The zero-order valence-electron chi connectivity index (χ0n) is 19.6. The van der Waals surface area contributed by atoms with Crippen molar-refractivity contribution >= 4 is 17.5 Å². The zero-order valence-corrected chi connectivity index (χ0v) is 19.6. The lowest BCUT2D eigenvalue weighted by molar-refractivity contribution is -0.121. The van der Waals surface area contributed by atoms with Crippen molar-refractivity contribution in [2.75, 3.05) is 11.4 Å². The number of aromatic nitrogens is 1. The van der Waals surface area contributed by atoms with E-state index >= 15 is 0 Å². The number of para-hydroxylation sites is 1. The third-order valence-corrected chi connectivity index (χ3v) is 6.14. The van der Waals surface area contributed by atoms with Gasteiger partial charge in [-0.15, -0.1) is 0 Å². The first kappa shape index (κ1) is 23.8. The van der Waals surface area contributed by atoms with E-state index in [-0.39, 0.29) is 36.3 Å². The monoisotopic (exact) mass is 470 g/mol. The molecule has 1 aliphatic rings. The smallest absolute Gasteiger partial charge is 0.266 e. The highest BCUT2D eigenvalue weighted by Crippen LogP contribution is 2.27. The molecule has 8 nitrogen and oxygen atoms in total. The fourth-order valence-corrected chi connectivity index (χ4v) is 4.33. The van der Waals surface area contributed by atoms with E-state index in [1.807, 2.05) is 60.7 Å². The Morgan fingerprint density at radius 1 is 1.11 bits per heavy atom. The molecule has 0 saturated carbocycles. The number of aryl methyl sites for hydroxylation is 1. The molecule has 0 spiro atoms. The van der Waals surface area contributed by atoms with Crippen molar-refractivity contribution in [2.24, 2.45) is 0 Å². The number of hydrogen-bond donors (Lipinski definition) is 2. The Bertz CT molecular complexity index is 1340. The number of rotatable bonds is 7. The minimum Gasteiger partial charge on any atom is -0.457 e. The van der Waals surface area contributed by atoms with Gasteiger partial charge in [-0.05, 0) is 67.8 Å². The Hall–Kier alpha value is -4.38. The largest absolute Gasteiger partial charge is 0.457 e. The fourth-order valence-electron chi connectivity index (χ4n) is 4.33. The van der Waals surface area contributed by atoms with Crippen molar-refractivity contribution in [1.29, 1.82) is 5.26 Å². The van der Waals surface area contributed by atoms with E-state index in [9.17, 15) is 19.6 Å². The lowest BCUT2D eigenvalue weighted by Crippen LogP contribution is -2.37. The Morgan fingerprint density at radius 3 is 2.49 bits per heavy atom. The summed E-state index contributed by atoms with van der Waals surface area (Å²) in [5.41, 5.74) is 2.45. The molecule has 2 aromatic carbocycles. The maximum Gasteiger partial charge on any atom is 0.266 e. The van der Waals surface area contributed by atoms with Gasteiger partial charge in [0.1, 0.15) is 23.1 Å². The van der Waals surface area contributed by atoms with Crippen molar-refractivity contribution in [1.82, 2.24) is 10.3 Å². The number of carbonyl (C=O) groups excluding carboxylic acids is 2. The Balaban J connectivity index is 1.33. The first-order chi connectivity index (χ1) is 16.9. The zero-order chi connectivity index (χ0) is 24.9. The second kappa shape index (κ2) is 10.3. The third-order valence-electron chi connectivity index (χ3n) is 6.14. The number of amides is 2. The minimum absolute atomic E-state index is 0.0574. The quantitative estimate of drug-likeness (QED) is 0.548. The van der Waals surface area contributed by atoms with Gasteiger partial charge >= 0.3 is 0 Å². The molecule has 1 saturated heterocycles. The molecule has 0 radical (unpaired) electrons. The molecule has 4 rings (SSSR count). The van der Waals surface area contributed by atoms with Crippen LogP contribution in [0.2, 0.25) is 0 Å². The molecule has 35 heavy (non-hydrogen) atoms. The lowest BCUT2D eigenvalue weighted by Gasteiger charge is -2.18. The number of aromatic amines is 1. The maximum absolute atomic E-state index is 12.6. The normalized spacial score (nSPS) is 15.1. The Labute approximate surface area is 203 Å². The number of carbonyl (C=O) groups is 2. The van der Waals surface area contributed by atoms with Gasteiger partial charge < -0.3 is 19.9 Å². The number of anilines is 1. The minimum atomic E-state index is -0.417. The predicted molar refractivity (Wildman–Crippen MR) is 131 cm³/mol. The summed E-state index contributed by atoms with van der Waals surface area (Å²) in [7, 11) is 0. The summed E-state index contributed by atoms with van der Waals surface area (Å²) in [4.78, 5) is 41.4. The lowest BCUT2D eigenvalue weighted by atomic mass is 9.99. The van der Waals surface area contributed by atoms with Gasteiger partial charge in [0.15, 0.2) is 0 Å². The molecule has 2 amide bonds. The van der Waals surface area contributed by atoms with Gasteiger partial charge in [-0.25, -0.2) is 0 Å². The number of pyridine rings is 1. The van der Waals surface area contributed by atoms with E-state index < -0.39 is 5.56 Å². The summed E-state index contributed by atoms with van der Waals surface area (Å²) in [5.74, 6) is 1.16. The van der Waals surface area contributed by atoms with Crippen LogP contribution in [0, 0.1) is 25.2 Å². The fraction of sp³-hybridized carbons (Fsp3) is 0.259. The highest BCUT2D eigenvalue weighted by atomic mass is 16.5. The molecule has 178 valence electrons. The number of nitriles is 1. The second-order valence-corrected chi connectivity index (χ2v) is 8.55. The molecule has 1 atom stereocenters. The topological polar surface area (TPSA) is 115 Å².